The van der Waals surface area contributed by atoms with Crippen molar-refractivity contribution in [3.05, 3.63) is 47.1 Å². The van der Waals surface area contributed by atoms with Gasteiger partial charge in [-0.2, -0.15) is 4.98 Å². The van der Waals surface area contributed by atoms with E-state index in [2.05, 4.69) is 26.9 Å². The average Bonchev–Trinajstić information content (AvgIpc) is 3.02. The van der Waals surface area contributed by atoms with E-state index in [9.17, 15) is 8.78 Å². The fourth-order valence-corrected chi connectivity index (χ4v) is 3.13. The molecule has 24 heavy (non-hydrogen) atoms. The van der Waals surface area contributed by atoms with Crippen LogP contribution in [-0.2, 0) is 0 Å². The Hall–Kier alpha value is -1.86. The number of nitrogens with zero attached hydrogens (tertiary/aromatic N) is 4. The van der Waals surface area contributed by atoms with Crippen LogP contribution in [0.3, 0.4) is 0 Å². The summed E-state index contributed by atoms with van der Waals surface area (Å²) in [5.74, 6) is -0.324. The number of hydrogen-bond acceptors (Lipinski definition) is 5. The summed E-state index contributed by atoms with van der Waals surface area (Å²) < 4.78 is 31.8. The third-order valence-electron chi connectivity index (χ3n) is 4.77. The Bertz CT molecular complexity index is 698. The number of aromatic nitrogens is 2. The lowest BCUT2D eigenvalue weighted by Crippen LogP contribution is -2.47. The summed E-state index contributed by atoms with van der Waals surface area (Å²) in [4.78, 5) is 8.86. The highest BCUT2D eigenvalue weighted by molar-refractivity contribution is 5.21. The van der Waals surface area contributed by atoms with Crippen molar-refractivity contribution in [2.75, 3.05) is 26.2 Å². The number of aryl methyl sites for hydroxylation is 1. The first-order chi connectivity index (χ1) is 11.5. The van der Waals surface area contributed by atoms with E-state index in [1.807, 2.05) is 6.92 Å². The topological polar surface area (TPSA) is 45.4 Å². The molecule has 3 rings (SSSR count). The first-order valence-corrected chi connectivity index (χ1v) is 8.19. The number of piperazine rings is 1. The highest BCUT2D eigenvalue weighted by atomic mass is 19.2. The van der Waals surface area contributed by atoms with Gasteiger partial charge >= 0.3 is 0 Å². The van der Waals surface area contributed by atoms with Crippen LogP contribution in [0.15, 0.2) is 22.7 Å². The van der Waals surface area contributed by atoms with Crippen LogP contribution in [0, 0.1) is 18.6 Å². The van der Waals surface area contributed by atoms with Crippen molar-refractivity contribution < 1.29 is 13.3 Å². The van der Waals surface area contributed by atoms with Crippen LogP contribution in [0.5, 0.6) is 0 Å². The number of halogens is 2. The molecule has 0 bridgehead atoms. The molecule has 0 aliphatic carbocycles. The molecule has 0 spiro atoms. The maximum atomic E-state index is 13.4. The third kappa shape index (κ3) is 3.47. The summed E-state index contributed by atoms with van der Waals surface area (Å²) in [5.41, 5.74) is 0.794. The molecular formula is C17H22F2N4O. The second-order valence-electron chi connectivity index (χ2n) is 6.28. The monoisotopic (exact) mass is 336 g/mol. The van der Waals surface area contributed by atoms with Gasteiger partial charge in [-0.25, -0.2) is 8.78 Å². The smallest absolute Gasteiger partial charge is 0.243 e. The molecule has 2 heterocycles. The molecule has 2 atom stereocenters. The molecule has 1 aromatic carbocycles. The fraction of sp³-hybridized carbons (Fsp3) is 0.529. The molecule has 130 valence electrons. The molecule has 7 heteroatoms. The van der Waals surface area contributed by atoms with Crippen LogP contribution in [0.4, 0.5) is 8.78 Å². The van der Waals surface area contributed by atoms with E-state index in [-0.39, 0.29) is 12.1 Å². The van der Waals surface area contributed by atoms with E-state index in [4.69, 9.17) is 4.52 Å². The van der Waals surface area contributed by atoms with Gasteiger partial charge in [-0.15, -0.1) is 0 Å². The molecule has 1 aliphatic rings. The number of hydrogen-bond donors (Lipinski definition) is 0. The molecule has 0 saturated carbocycles. The first-order valence-electron chi connectivity index (χ1n) is 8.19. The van der Waals surface area contributed by atoms with Crippen LogP contribution < -0.4 is 0 Å². The summed E-state index contributed by atoms with van der Waals surface area (Å²) in [6, 6.07) is 4.25. The second-order valence-corrected chi connectivity index (χ2v) is 6.28. The summed E-state index contributed by atoms with van der Waals surface area (Å²) in [6.45, 7) is 9.29. The molecule has 2 aromatic rings. The van der Waals surface area contributed by atoms with Crippen molar-refractivity contribution >= 4 is 0 Å². The Morgan fingerprint density at radius 2 is 1.62 bits per heavy atom. The molecule has 0 unspecified atom stereocenters. The lowest BCUT2D eigenvalue weighted by Gasteiger charge is -2.39. The Balaban J connectivity index is 1.61. The minimum absolute atomic E-state index is 0.0446. The molecular weight excluding hydrogens is 314 g/mol. The molecule has 0 amide bonds. The summed E-state index contributed by atoms with van der Waals surface area (Å²) in [5, 5.41) is 3.84. The fourth-order valence-electron chi connectivity index (χ4n) is 3.13. The lowest BCUT2D eigenvalue weighted by atomic mass is 10.1. The van der Waals surface area contributed by atoms with Gasteiger partial charge in [-0.3, -0.25) is 9.80 Å². The molecule has 1 fully saturated rings. The van der Waals surface area contributed by atoms with Crippen LogP contribution in [0.1, 0.15) is 43.2 Å². The minimum atomic E-state index is -0.806. The molecule has 1 saturated heterocycles. The van der Waals surface area contributed by atoms with Crippen molar-refractivity contribution in [2.45, 2.75) is 32.9 Å². The zero-order chi connectivity index (χ0) is 17.3. The van der Waals surface area contributed by atoms with Gasteiger partial charge in [0, 0.05) is 32.2 Å². The van der Waals surface area contributed by atoms with Gasteiger partial charge in [-0.05, 0) is 38.5 Å². The van der Waals surface area contributed by atoms with E-state index in [1.165, 1.54) is 12.1 Å². The minimum Gasteiger partial charge on any atom is -0.338 e. The highest BCUT2D eigenvalue weighted by Crippen LogP contribution is 2.26. The van der Waals surface area contributed by atoms with Gasteiger partial charge in [0.25, 0.3) is 0 Å². The predicted octanol–water partition coefficient (Wildman–Crippen LogP) is 3.10. The average molecular weight is 336 g/mol. The zero-order valence-corrected chi connectivity index (χ0v) is 14.2. The van der Waals surface area contributed by atoms with Crippen LogP contribution >= 0.6 is 0 Å². The van der Waals surface area contributed by atoms with Gasteiger partial charge < -0.3 is 4.52 Å². The Morgan fingerprint density at radius 3 is 2.17 bits per heavy atom. The lowest BCUT2D eigenvalue weighted by molar-refractivity contribution is 0.0676. The van der Waals surface area contributed by atoms with Gasteiger partial charge in [0.2, 0.25) is 5.89 Å². The zero-order valence-electron chi connectivity index (χ0n) is 14.2. The van der Waals surface area contributed by atoms with Crippen molar-refractivity contribution in [3.8, 4) is 0 Å². The molecule has 5 nitrogen and oxygen atoms in total. The van der Waals surface area contributed by atoms with Gasteiger partial charge in [0.15, 0.2) is 17.5 Å². The SMILES string of the molecule is Cc1noc([C@@H](C)N2CCN([C@H](C)c3ccc(F)c(F)c3)CC2)n1. The van der Waals surface area contributed by atoms with Crippen molar-refractivity contribution in [2.24, 2.45) is 0 Å². The standard InChI is InChI=1S/C17H22F2N4O/c1-11(14-4-5-15(18)16(19)10-14)22-6-8-23(9-7-22)12(2)17-20-13(3)21-24-17/h4-5,10-12H,6-9H2,1-3H3/t11-,12-/m1/s1. The maximum Gasteiger partial charge on any atom is 0.243 e. The summed E-state index contributed by atoms with van der Waals surface area (Å²) in [6.07, 6.45) is 0. The van der Waals surface area contributed by atoms with Crippen LogP contribution in [-0.4, -0.2) is 46.1 Å². The Morgan fingerprint density at radius 1 is 1.00 bits per heavy atom. The first kappa shape index (κ1) is 17.0. The van der Waals surface area contributed by atoms with Gasteiger partial charge in [0.05, 0.1) is 6.04 Å². The van der Waals surface area contributed by atoms with E-state index >= 15 is 0 Å². The van der Waals surface area contributed by atoms with Crippen LogP contribution in [0.2, 0.25) is 0 Å². The number of benzene rings is 1. The predicted molar refractivity (Wildman–Crippen MR) is 85.4 cm³/mol. The van der Waals surface area contributed by atoms with E-state index < -0.39 is 11.6 Å². The molecule has 0 N–H and O–H groups in total. The van der Waals surface area contributed by atoms with Crippen molar-refractivity contribution in [1.82, 2.24) is 19.9 Å². The Kier molecular flexibility index (Phi) is 4.91. The van der Waals surface area contributed by atoms with Gasteiger partial charge in [0.1, 0.15) is 0 Å². The van der Waals surface area contributed by atoms with Crippen molar-refractivity contribution in [1.29, 1.82) is 0 Å². The van der Waals surface area contributed by atoms with E-state index in [1.54, 1.807) is 13.0 Å². The van der Waals surface area contributed by atoms with Gasteiger partial charge in [-0.1, -0.05) is 11.2 Å². The van der Waals surface area contributed by atoms with Crippen molar-refractivity contribution in [3.63, 3.8) is 0 Å². The third-order valence-corrected chi connectivity index (χ3v) is 4.77. The Labute approximate surface area is 140 Å². The molecule has 0 radical (unpaired) electrons. The second kappa shape index (κ2) is 6.94. The van der Waals surface area contributed by atoms with E-state index in [0.29, 0.717) is 11.7 Å². The van der Waals surface area contributed by atoms with E-state index in [0.717, 1.165) is 31.7 Å². The summed E-state index contributed by atoms with van der Waals surface area (Å²) in [7, 11) is 0. The molecule has 1 aliphatic heterocycles. The molecule has 1 aromatic heterocycles. The largest absolute Gasteiger partial charge is 0.338 e. The van der Waals surface area contributed by atoms with Crippen LogP contribution in [0.25, 0.3) is 0 Å². The number of rotatable bonds is 4. The highest BCUT2D eigenvalue weighted by Gasteiger charge is 2.27. The quantitative estimate of drug-likeness (QED) is 0.858. The summed E-state index contributed by atoms with van der Waals surface area (Å²) >= 11 is 0. The normalized spacial score (nSPS) is 19.4. The maximum absolute atomic E-state index is 13.4.